The molecule has 2 aromatic rings. The molecule has 2 aromatic carbocycles. The molecule has 3 nitrogen and oxygen atoms in total. The Morgan fingerprint density at radius 1 is 1.25 bits per heavy atom. The molecule has 0 saturated carbocycles. The van der Waals surface area contributed by atoms with Crippen LogP contribution in [-0.4, -0.2) is 11.1 Å². The molecular weight excluding hydrogens is 388 g/mol. The van der Waals surface area contributed by atoms with Crippen LogP contribution in [-0.2, 0) is 6.61 Å². The highest BCUT2D eigenvalue weighted by Gasteiger charge is 2.15. The van der Waals surface area contributed by atoms with E-state index in [-0.39, 0.29) is 5.56 Å². The number of halogens is 2. The summed E-state index contributed by atoms with van der Waals surface area (Å²) >= 11 is 6.74. The van der Waals surface area contributed by atoms with Crippen molar-refractivity contribution in [2.75, 3.05) is 0 Å². The molecule has 0 aliphatic heterocycles. The smallest absolute Gasteiger partial charge is 0.339 e. The van der Waals surface area contributed by atoms with Crippen molar-refractivity contribution in [1.29, 1.82) is 0 Å². The Kier molecular flexibility index (Phi) is 4.83. The van der Waals surface area contributed by atoms with E-state index in [0.717, 1.165) is 20.1 Å². The topological polar surface area (TPSA) is 46.5 Å². The second-order valence-electron chi connectivity index (χ2n) is 4.28. The van der Waals surface area contributed by atoms with Crippen LogP contribution in [0.5, 0.6) is 5.75 Å². The standard InChI is InChI=1S/C15H12Br2O3/c1-9-6-11(16)7-12(15(18)19)14(9)20-8-10-4-2-3-5-13(10)17/h2-7H,8H2,1H3,(H,18,19). The molecule has 1 N–H and O–H groups in total. The Labute approximate surface area is 133 Å². The minimum atomic E-state index is -1.00. The van der Waals surface area contributed by atoms with Crippen molar-refractivity contribution >= 4 is 37.8 Å². The average molecular weight is 400 g/mol. The van der Waals surface area contributed by atoms with Crippen LogP contribution in [0.3, 0.4) is 0 Å². The Balaban J connectivity index is 2.30. The van der Waals surface area contributed by atoms with E-state index in [1.807, 2.05) is 37.3 Å². The van der Waals surface area contributed by atoms with Gasteiger partial charge in [0.25, 0.3) is 0 Å². The van der Waals surface area contributed by atoms with E-state index in [2.05, 4.69) is 31.9 Å². The number of carbonyl (C=O) groups is 1. The lowest BCUT2D eigenvalue weighted by Gasteiger charge is -2.13. The first kappa shape index (κ1) is 15.1. The zero-order valence-electron chi connectivity index (χ0n) is 10.7. The molecule has 0 atom stereocenters. The van der Waals surface area contributed by atoms with Crippen LogP contribution in [0.15, 0.2) is 45.3 Å². The zero-order valence-corrected chi connectivity index (χ0v) is 13.9. The second kappa shape index (κ2) is 6.41. The Hall–Kier alpha value is -1.33. The van der Waals surface area contributed by atoms with Crippen molar-refractivity contribution < 1.29 is 14.6 Å². The molecule has 0 aliphatic carbocycles. The minimum Gasteiger partial charge on any atom is -0.488 e. The summed E-state index contributed by atoms with van der Waals surface area (Å²) in [6, 6.07) is 11.1. The quantitative estimate of drug-likeness (QED) is 0.803. The summed E-state index contributed by atoms with van der Waals surface area (Å²) in [5.41, 5.74) is 1.90. The molecule has 20 heavy (non-hydrogen) atoms. The number of carboxylic acids is 1. The first-order chi connectivity index (χ1) is 9.49. The molecule has 0 unspecified atom stereocenters. The van der Waals surface area contributed by atoms with Crippen LogP contribution in [0.2, 0.25) is 0 Å². The predicted octanol–water partition coefficient (Wildman–Crippen LogP) is 4.80. The van der Waals surface area contributed by atoms with Gasteiger partial charge in [-0.2, -0.15) is 0 Å². The summed E-state index contributed by atoms with van der Waals surface area (Å²) < 4.78 is 7.38. The van der Waals surface area contributed by atoms with Gasteiger partial charge in [-0.3, -0.25) is 0 Å². The predicted molar refractivity (Wildman–Crippen MR) is 84.3 cm³/mol. The molecule has 0 fully saturated rings. The van der Waals surface area contributed by atoms with Crippen molar-refractivity contribution in [3.63, 3.8) is 0 Å². The van der Waals surface area contributed by atoms with Gasteiger partial charge in [0.1, 0.15) is 17.9 Å². The van der Waals surface area contributed by atoms with E-state index >= 15 is 0 Å². The first-order valence-corrected chi connectivity index (χ1v) is 7.47. The number of hydrogen-bond donors (Lipinski definition) is 1. The highest BCUT2D eigenvalue weighted by atomic mass is 79.9. The van der Waals surface area contributed by atoms with Crippen LogP contribution < -0.4 is 4.74 Å². The van der Waals surface area contributed by atoms with Gasteiger partial charge in [0.15, 0.2) is 0 Å². The third-order valence-corrected chi connectivity index (χ3v) is 4.03. The van der Waals surface area contributed by atoms with Crippen LogP contribution >= 0.6 is 31.9 Å². The van der Waals surface area contributed by atoms with Crippen molar-refractivity contribution in [3.05, 3.63) is 62.0 Å². The summed E-state index contributed by atoms with van der Waals surface area (Å²) in [4.78, 5) is 11.3. The molecular formula is C15H12Br2O3. The maximum absolute atomic E-state index is 11.3. The molecule has 104 valence electrons. The molecule has 0 heterocycles. The van der Waals surface area contributed by atoms with Gasteiger partial charge in [-0.05, 0) is 30.7 Å². The van der Waals surface area contributed by atoms with Gasteiger partial charge in [0.05, 0.1) is 0 Å². The number of hydrogen-bond acceptors (Lipinski definition) is 2. The molecule has 0 bridgehead atoms. The number of aryl methyl sites for hydroxylation is 1. The number of rotatable bonds is 4. The van der Waals surface area contributed by atoms with Crippen LogP contribution in [0.25, 0.3) is 0 Å². The van der Waals surface area contributed by atoms with E-state index < -0.39 is 5.97 Å². The van der Waals surface area contributed by atoms with Crippen molar-refractivity contribution in [2.24, 2.45) is 0 Å². The molecule has 0 spiro atoms. The maximum Gasteiger partial charge on any atom is 0.339 e. The van der Waals surface area contributed by atoms with Gasteiger partial charge < -0.3 is 9.84 Å². The summed E-state index contributed by atoms with van der Waals surface area (Å²) in [6.45, 7) is 2.14. The van der Waals surface area contributed by atoms with Crippen LogP contribution in [0.1, 0.15) is 21.5 Å². The number of ether oxygens (including phenoxy) is 1. The molecule has 0 saturated heterocycles. The number of carboxylic acid groups (broad SMARTS) is 1. The highest BCUT2D eigenvalue weighted by Crippen LogP contribution is 2.29. The SMILES string of the molecule is Cc1cc(Br)cc(C(=O)O)c1OCc1ccccc1Br. The lowest BCUT2D eigenvalue weighted by atomic mass is 10.1. The fourth-order valence-electron chi connectivity index (χ4n) is 1.85. The Morgan fingerprint density at radius 3 is 2.60 bits per heavy atom. The molecule has 0 amide bonds. The second-order valence-corrected chi connectivity index (χ2v) is 6.05. The molecule has 0 aromatic heterocycles. The summed E-state index contributed by atoms with van der Waals surface area (Å²) in [6.07, 6.45) is 0. The van der Waals surface area contributed by atoms with Crippen LogP contribution in [0.4, 0.5) is 0 Å². The van der Waals surface area contributed by atoms with E-state index in [0.29, 0.717) is 12.4 Å². The lowest BCUT2D eigenvalue weighted by Crippen LogP contribution is -2.05. The fourth-order valence-corrected chi connectivity index (χ4v) is 2.82. The molecule has 0 aliphatic rings. The van der Waals surface area contributed by atoms with Gasteiger partial charge >= 0.3 is 5.97 Å². The van der Waals surface area contributed by atoms with Crippen molar-refractivity contribution in [3.8, 4) is 5.75 Å². The lowest BCUT2D eigenvalue weighted by molar-refractivity contribution is 0.0691. The maximum atomic E-state index is 11.3. The summed E-state index contributed by atoms with van der Waals surface area (Å²) in [5, 5.41) is 9.26. The van der Waals surface area contributed by atoms with Gasteiger partial charge in [0.2, 0.25) is 0 Å². The zero-order chi connectivity index (χ0) is 14.7. The third kappa shape index (κ3) is 3.41. The van der Waals surface area contributed by atoms with Gasteiger partial charge in [-0.15, -0.1) is 0 Å². The minimum absolute atomic E-state index is 0.156. The van der Waals surface area contributed by atoms with Crippen molar-refractivity contribution in [2.45, 2.75) is 13.5 Å². The summed E-state index contributed by atoms with van der Waals surface area (Å²) in [5.74, 6) is -0.604. The van der Waals surface area contributed by atoms with Gasteiger partial charge in [0, 0.05) is 14.5 Å². The van der Waals surface area contributed by atoms with Gasteiger partial charge in [-0.1, -0.05) is 50.1 Å². The monoisotopic (exact) mass is 398 g/mol. The van der Waals surface area contributed by atoms with E-state index in [4.69, 9.17) is 4.74 Å². The molecule has 0 radical (unpaired) electrons. The highest BCUT2D eigenvalue weighted by molar-refractivity contribution is 9.10. The number of benzene rings is 2. The van der Waals surface area contributed by atoms with Gasteiger partial charge in [-0.25, -0.2) is 4.79 Å². The Bertz CT molecular complexity index is 654. The van der Waals surface area contributed by atoms with Crippen molar-refractivity contribution in [1.82, 2.24) is 0 Å². The molecule has 5 heteroatoms. The first-order valence-electron chi connectivity index (χ1n) is 5.88. The molecule has 2 rings (SSSR count). The van der Waals surface area contributed by atoms with E-state index in [1.54, 1.807) is 6.07 Å². The van der Waals surface area contributed by atoms with E-state index in [1.165, 1.54) is 0 Å². The fraction of sp³-hybridized carbons (Fsp3) is 0.133. The third-order valence-electron chi connectivity index (χ3n) is 2.80. The normalized spacial score (nSPS) is 10.3. The number of aromatic carboxylic acids is 1. The largest absolute Gasteiger partial charge is 0.488 e. The van der Waals surface area contributed by atoms with E-state index in [9.17, 15) is 9.90 Å². The average Bonchev–Trinajstić information content (AvgIpc) is 2.38. The Morgan fingerprint density at radius 2 is 1.95 bits per heavy atom. The summed E-state index contributed by atoms with van der Waals surface area (Å²) in [7, 11) is 0. The van der Waals surface area contributed by atoms with Crippen LogP contribution in [0, 0.1) is 6.92 Å².